The van der Waals surface area contributed by atoms with Crippen LogP contribution in [0, 0.1) is 0 Å². The first-order valence-corrected chi connectivity index (χ1v) is 7.79. The highest BCUT2D eigenvalue weighted by molar-refractivity contribution is 6.00. The van der Waals surface area contributed by atoms with Crippen LogP contribution in [0.1, 0.15) is 48.4 Å². The number of benzene rings is 1. The fourth-order valence-electron chi connectivity index (χ4n) is 2.35. The van der Waals surface area contributed by atoms with Crippen molar-refractivity contribution in [2.24, 2.45) is 0 Å². The molecule has 1 aromatic carbocycles. The molecule has 0 saturated carbocycles. The summed E-state index contributed by atoms with van der Waals surface area (Å²) in [4.78, 5) is 28.5. The van der Waals surface area contributed by atoms with Crippen LogP contribution in [0.25, 0.3) is 0 Å². The number of hydrogen-bond acceptors (Lipinski definition) is 3. The maximum atomic E-state index is 12.5. The summed E-state index contributed by atoms with van der Waals surface area (Å²) < 4.78 is 5.25. The van der Waals surface area contributed by atoms with E-state index in [-0.39, 0.29) is 11.8 Å². The third-order valence-corrected chi connectivity index (χ3v) is 3.74. The van der Waals surface area contributed by atoms with Gasteiger partial charge in [-0.15, -0.1) is 0 Å². The van der Waals surface area contributed by atoms with Gasteiger partial charge in [0.1, 0.15) is 5.75 Å². The quantitative estimate of drug-likeness (QED) is 0.778. The van der Waals surface area contributed by atoms with Gasteiger partial charge in [0, 0.05) is 37.3 Å². The van der Waals surface area contributed by atoms with Crippen molar-refractivity contribution in [3.63, 3.8) is 0 Å². The Hall–Kier alpha value is -2.04. The second-order valence-corrected chi connectivity index (χ2v) is 4.91. The summed E-state index contributed by atoms with van der Waals surface area (Å²) in [5, 5.41) is 0. The number of ether oxygens (including phenoxy) is 1. The summed E-state index contributed by atoms with van der Waals surface area (Å²) in [5.41, 5.74) is 0.970. The molecule has 0 fully saturated rings. The third-order valence-electron chi connectivity index (χ3n) is 3.74. The Morgan fingerprint density at radius 3 is 1.45 bits per heavy atom. The lowest BCUT2D eigenvalue weighted by molar-refractivity contribution is 0.0771. The van der Waals surface area contributed by atoms with Crippen LogP contribution in [0.2, 0.25) is 0 Å². The second-order valence-electron chi connectivity index (χ2n) is 4.91. The van der Waals surface area contributed by atoms with Crippen molar-refractivity contribution in [2.75, 3.05) is 33.3 Å². The van der Waals surface area contributed by atoms with Gasteiger partial charge in [-0.2, -0.15) is 0 Å². The molecule has 1 rings (SSSR count). The topological polar surface area (TPSA) is 49.9 Å². The van der Waals surface area contributed by atoms with E-state index in [1.807, 2.05) is 27.7 Å². The van der Waals surface area contributed by atoms with E-state index >= 15 is 0 Å². The Kier molecular flexibility index (Phi) is 6.89. The van der Waals surface area contributed by atoms with Gasteiger partial charge >= 0.3 is 0 Å². The Morgan fingerprint density at radius 1 is 0.818 bits per heavy atom. The number of nitrogens with zero attached hydrogens (tertiary/aromatic N) is 2. The average Bonchev–Trinajstić information content (AvgIpc) is 2.56. The van der Waals surface area contributed by atoms with Crippen LogP contribution in [0.3, 0.4) is 0 Å². The van der Waals surface area contributed by atoms with Crippen LogP contribution in [0.5, 0.6) is 5.75 Å². The van der Waals surface area contributed by atoms with Crippen molar-refractivity contribution in [2.45, 2.75) is 27.7 Å². The van der Waals surface area contributed by atoms with E-state index in [0.29, 0.717) is 43.1 Å². The molecule has 0 atom stereocenters. The lowest BCUT2D eigenvalue weighted by atomic mass is 10.1. The zero-order valence-corrected chi connectivity index (χ0v) is 14.2. The SMILES string of the molecule is CCN(CC)C(=O)c1cc(OC)cc(C(=O)N(CC)CC)c1. The van der Waals surface area contributed by atoms with Crippen molar-refractivity contribution >= 4 is 11.8 Å². The Morgan fingerprint density at radius 2 is 1.18 bits per heavy atom. The fraction of sp³-hybridized carbons (Fsp3) is 0.529. The summed E-state index contributed by atoms with van der Waals surface area (Å²) in [6, 6.07) is 5.02. The number of methoxy groups -OCH3 is 1. The van der Waals surface area contributed by atoms with E-state index in [1.54, 1.807) is 28.0 Å². The molecule has 1 aromatic rings. The number of carbonyl (C=O) groups is 2. The minimum Gasteiger partial charge on any atom is -0.497 e. The minimum absolute atomic E-state index is 0.0857. The molecule has 0 aliphatic heterocycles. The largest absolute Gasteiger partial charge is 0.497 e. The van der Waals surface area contributed by atoms with E-state index in [2.05, 4.69) is 0 Å². The number of carbonyl (C=O) groups excluding carboxylic acids is 2. The fourth-order valence-corrected chi connectivity index (χ4v) is 2.35. The van der Waals surface area contributed by atoms with E-state index in [0.717, 1.165) is 0 Å². The molecule has 0 N–H and O–H groups in total. The van der Waals surface area contributed by atoms with Gasteiger partial charge in [0.05, 0.1) is 7.11 Å². The van der Waals surface area contributed by atoms with Crippen molar-refractivity contribution < 1.29 is 14.3 Å². The lowest BCUT2D eigenvalue weighted by Crippen LogP contribution is -2.32. The molecule has 5 nitrogen and oxygen atoms in total. The first kappa shape index (κ1) is 18.0. The summed E-state index contributed by atoms with van der Waals surface area (Å²) in [6.45, 7) is 10.3. The number of rotatable bonds is 7. The molecule has 0 aromatic heterocycles. The highest BCUT2D eigenvalue weighted by atomic mass is 16.5. The van der Waals surface area contributed by atoms with Gasteiger partial charge < -0.3 is 14.5 Å². The number of amides is 2. The first-order chi connectivity index (χ1) is 10.5. The van der Waals surface area contributed by atoms with E-state index in [4.69, 9.17) is 4.74 Å². The maximum Gasteiger partial charge on any atom is 0.253 e. The van der Waals surface area contributed by atoms with Crippen LogP contribution in [0.4, 0.5) is 0 Å². The molecule has 0 unspecified atom stereocenters. The molecule has 0 spiro atoms. The summed E-state index contributed by atoms with van der Waals surface area (Å²) in [5.74, 6) is 0.350. The zero-order chi connectivity index (χ0) is 16.7. The maximum absolute atomic E-state index is 12.5. The molecule has 0 radical (unpaired) electrons. The van der Waals surface area contributed by atoms with Gasteiger partial charge in [0.15, 0.2) is 0 Å². The van der Waals surface area contributed by atoms with Crippen molar-refractivity contribution in [1.82, 2.24) is 9.80 Å². The Bertz CT molecular complexity index is 478. The Labute approximate surface area is 132 Å². The molecule has 2 amide bonds. The average molecular weight is 306 g/mol. The first-order valence-electron chi connectivity index (χ1n) is 7.79. The van der Waals surface area contributed by atoms with Gasteiger partial charge in [0.2, 0.25) is 0 Å². The van der Waals surface area contributed by atoms with Gasteiger partial charge in [-0.1, -0.05) is 0 Å². The van der Waals surface area contributed by atoms with E-state index in [9.17, 15) is 9.59 Å². The molecular weight excluding hydrogens is 280 g/mol. The molecule has 0 aliphatic carbocycles. The van der Waals surface area contributed by atoms with Crippen LogP contribution in [0.15, 0.2) is 18.2 Å². The molecule has 0 saturated heterocycles. The highest BCUT2D eigenvalue weighted by Crippen LogP contribution is 2.20. The van der Waals surface area contributed by atoms with Crippen molar-refractivity contribution in [3.05, 3.63) is 29.3 Å². The summed E-state index contributed by atoms with van der Waals surface area (Å²) in [7, 11) is 1.53. The van der Waals surface area contributed by atoms with Crippen LogP contribution < -0.4 is 4.74 Å². The van der Waals surface area contributed by atoms with Crippen LogP contribution >= 0.6 is 0 Å². The van der Waals surface area contributed by atoms with Crippen molar-refractivity contribution in [1.29, 1.82) is 0 Å². The van der Waals surface area contributed by atoms with Crippen molar-refractivity contribution in [3.8, 4) is 5.75 Å². The molecule has 0 heterocycles. The van der Waals surface area contributed by atoms with E-state index < -0.39 is 0 Å². The predicted molar refractivity (Wildman–Crippen MR) is 87.5 cm³/mol. The molecule has 122 valence electrons. The van der Waals surface area contributed by atoms with Crippen LogP contribution in [-0.2, 0) is 0 Å². The molecule has 5 heteroatoms. The van der Waals surface area contributed by atoms with E-state index in [1.165, 1.54) is 7.11 Å². The number of hydrogen-bond donors (Lipinski definition) is 0. The minimum atomic E-state index is -0.0857. The lowest BCUT2D eigenvalue weighted by Gasteiger charge is -2.21. The monoisotopic (exact) mass is 306 g/mol. The van der Waals surface area contributed by atoms with Gasteiger partial charge in [-0.05, 0) is 45.9 Å². The predicted octanol–water partition coefficient (Wildman–Crippen LogP) is 2.66. The highest BCUT2D eigenvalue weighted by Gasteiger charge is 2.19. The van der Waals surface area contributed by atoms with Crippen LogP contribution in [-0.4, -0.2) is 54.9 Å². The Balaban J connectivity index is 3.24. The smallest absolute Gasteiger partial charge is 0.253 e. The normalized spacial score (nSPS) is 10.2. The van der Waals surface area contributed by atoms with Gasteiger partial charge in [-0.25, -0.2) is 0 Å². The zero-order valence-electron chi connectivity index (χ0n) is 14.2. The third kappa shape index (κ3) is 4.00. The van der Waals surface area contributed by atoms with Gasteiger partial charge in [0.25, 0.3) is 11.8 Å². The molecular formula is C17H26N2O3. The summed E-state index contributed by atoms with van der Waals surface area (Å²) in [6.07, 6.45) is 0. The molecule has 22 heavy (non-hydrogen) atoms. The molecule has 0 bridgehead atoms. The standard InChI is InChI=1S/C17H26N2O3/c1-6-18(7-2)16(20)13-10-14(12-15(11-13)22-5)17(21)19(8-3)9-4/h10-12H,6-9H2,1-5H3. The summed E-state index contributed by atoms with van der Waals surface area (Å²) >= 11 is 0. The van der Waals surface area contributed by atoms with Gasteiger partial charge in [-0.3, -0.25) is 9.59 Å². The molecule has 0 aliphatic rings. The second kappa shape index (κ2) is 8.41.